The van der Waals surface area contributed by atoms with Gasteiger partial charge in [0.05, 0.1) is 0 Å². The Morgan fingerprint density at radius 3 is 2.06 bits per heavy atom. The molecule has 0 aliphatic heterocycles. The summed E-state index contributed by atoms with van der Waals surface area (Å²) in [5.41, 5.74) is 2.18. The zero-order valence-electron chi connectivity index (χ0n) is 10.2. The molecule has 1 aromatic carbocycles. The van der Waals surface area contributed by atoms with E-state index in [-0.39, 0.29) is 5.41 Å². The van der Waals surface area contributed by atoms with Gasteiger partial charge in [0.2, 0.25) is 0 Å². The van der Waals surface area contributed by atoms with Gasteiger partial charge < -0.3 is 5.11 Å². The highest BCUT2D eigenvalue weighted by molar-refractivity contribution is 5.93. The van der Waals surface area contributed by atoms with E-state index in [0.717, 1.165) is 5.56 Å². The van der Waals surface area contributed by atoms with Crippen LogP contribution in [0.1, 0.15) is 31.9 Å². The summed E-state index contributed by atoms with van der Waals surface area (Å²) in [7, 11) is 0. The van der Waals surface area contributed by atoms with Crippen LogP contribution in [0.25, 0.3) is 6.08 Å². The second-order valence-electron chi connectivity index (χ2n) is 5.02. The van der Waals surface area contributed by atoms with Crippen LogP contribution in [0.5, 0.6) is 0 Å². The summed E-state index contributed by atoms with van der Waals surface area (Å²) in [5, 5.41) is 9.16. The Balaban J connectivity index is 3.13. The lowest BCUT2D eigenvalue weighted by Gasteiger charge is -2.19. The number of carbonyl (C=O) groups is 1. The number of carboxylic acids is 1. The molecule has 86 valence electrons. The molecule has 0 bridgehead atoms. The molecule has 2 heteroatoms. The van der Waals surface area contributed by atoms with Gasteiger partial charge in [0.15, 0.2) is 0 Å². The molecule has 0 saturated heterocycles. The van der Waals surface area contributed by atoms with Gasteiger partial charge in [-0.2, -0.15) is 0 Å². The molecular weight excluding hydrogens is 200 g/mol. The van der Waals surface area contributed by atoms with E-state index in [2.05, 4.69) is 0 Å². The van der Waals surface area contributed by atoms with E-state index >= 15 is 0 Å². The third-order valence-electron chi connectivity index (χ3n) is 2.43. The quantitative estimate of drug-likeness (QED) is 0.771. The van der Waals surface area contributed by atoms with Crippen LogP contribution in [0.2, 0.25) is 0 Å². The molecule has 0 aromatic heterocycles. The SMILES string of the molecule is Cc1ccc(/C=C(\C(=O)O)C(C)(C)C)cc1. The van der Waals surface area contributed by atoms with E-state index in [9.17, 15) is 4.79 Å². The van der Waals surface area contributed by atoms with E-state index in [1.807, 2.05) is 52.0 Å². The van der Waals surface area contributed by atoms with Crippen molar-refractivity contribution in [1.82, 2.24) is 0 Å². The number of rotatable bonds is 2. The van der Waals surface area contributed by atoms with Crippen molar-refractivity contribution in [3.05, 3.63) is 41.0 Å². The van der Waals surface area contributed by atoms with Crippen molar-refractivity contribution in [2.24, 2.45) is 5.41 Å². The molecule has 0 unspecified atom stereocenters. The van der Waals surface area contributed by atoms with Crippen molar-refractivity contribution in [3.8, 4) is 0 Å². The van der Waals surface area contributed by atoms with E-state index in [0.29, 0.717) is 5.57 Å². The molecule has 0 heterocycles. The smallest absolute Gasteiger partial charge is 0.332 e. The fraction of sp³-hybridized carbons (Fsp3) is 0.357. The maximum absolute atomic E-state index is 11.1. The second-order valence-corrected chi connectivity index (χ2v) is 5.02. The topological polar surface area (TPSA) is 37.3 Å². The van der Waals surface area contributed by atoms with Crippen molar-refractivity contribution in [3.63, 3.8) is 0 Å². The molecule has 0 saturated carbocycles. The van der Waals surface area contributed by atoms with Crippen LogP contribution in [0.4, 0.5) is 0 Å². The molecule has 0 fully saturated rings. The Labute approximate surface area is 96.6 Å². The van der Waals surface area contributed by atoms with Crippen molar-refractivity contribution in [2.45, 2.75) is 27.7 Å². The first-order chi connectivity index (χ1) is 7.30. The summed E-state index contributed by atoms with van der Waals surface area (Å²) in [4.78, 5) is 11.1. The van der Waals surface area contributed by atoms with Gasteiger partial charge in [-0.25, -0.2) is 4.79 Å². The summed E-state index contributed by atoms with van der Waals surface area (Å²) in [5.74, 6) is -0.854. The van der Waals surface area contributed by atoms with Crippen LogP contribution in [0, 0.1) is 12.3 Å². The summed E-state index contributed by atoms with van der Waals surface area (Å²) in [6.07, 6.45) is 1.74. The van der Waals surface area contributed by atoms with Gasteiger partial charge in [-0.3, -0.25) is 0 Å². The highest BCUT2D eigenvalue weighted by atomic mass is 16.4. The predicted molar refractivity (Wildman–Crippen MR) is 66.2 cm³/mol. The Morgan fingerprint density at radius 2 is 1.69 bits per heavy atom. The van der Waals surface area contributed by atoms with Crippen LogP contribution in [0.3, 0.4) is 0 Å². The van der Waals surface area contributed by atoms with Gasteiger partial charge in [-0.15, -0.1) is 0 Å². The van der Waals surface area contributed by atoms with Crippen molar-refractivity contribution in [2.75, 3.05) is 0 Å². The molecule has 16 heavy (non-hydrogen) atoms. The largest absolute Gasteiger partial charge is 0.478 e. The first-order valence-corrected chi connectivity index (χ1v) is 5.33. The monoisotopic (exact) mass is 218 g/mol. The molecule has 0 amide bonds. The minimum Gasteiger partial charge on any atom is -0.478 e. The van der Waals surface area contributed by atoms with Gasteiger partial charge in [-0.05, 0) is 24.0 Å². The van der Waals surface area contributed by atoms with Crippen LogP contribution in [-0.2, 0) is 4.79 Å². The summed E-state index contributed by atoms with van der Waals surface area (Å²) >= 11 is 0. The van der Waals surface area contributed by atoms with E-state index < -0.39 is 5.97 Å². The van der Waals surface area contributed by atoms with Gasteiger partial charge in [0.1, 0.15) is 0 Å². The number of aryl methyl sites for hydroxylation is 1. The number of benzene rings is 1. The fourth-order valence-electron chi connectivity index (χ4n) is 1.43. The second kappa shape index (κ2) is 4.52. The molecule has 1 N–H and O–H groups in total. The summed E-state index contributed by atoms with van der Waals surface area (Å²) < 4.78 is 0. The molecule has 0 aliphatic rings. The van der Waals surface area contributed by atoms with Gasteiger partial charge in [0.25, 0.3) is 0 Å². The minimum absolute atomic E-state index is 0.350. The van der Waals surface area contributed by atoms with Crippen molar-refractivity contribution >= 4 is 12.0 Å². The third kappa shape index (κ3) is 3.23. The summed E-state index contributed by atoms with van der Waals surface area (Å²) in [6.45, 7) is 7.72. The van der Waals surface area contributed by atoms with Crippen molar-refractivity contribution < 1.29 is 9.90 Å². The minimum atomic E-state index is -0.854. The standard InChI is InChI=1S/C14H18O2/c1-10-5-7-11(8-6-10)9-12(13(15)16)14(2,3)4/h5-9H,1-4H3,(H,15,16)/b12-9+. The van der Waals surface area contributed by atoms with Crippen LogP contribution in [0.15, 0.2) is 29.8 Å². The Bertz CT molecular complexity index is 405. The van der Waals surface area contributed by atoms with Gasteiger partial charge in [0, 0.05) is 5.57 Å². The Morgan fingerprint density at radius 1 is 1.19 bits per heavy atom. The molecule has 0 atom stereocenters. The van der Waals surface area contributed by atoms with Crippen LogP contribution in [-0.4, -0.2) is 11.1 Å². The number of aliphatic carboxylic acids is 1. The van der Waals surface area contributed by atoms with Crippen molar-refractivity contribution in [1.29, 1.82) is 0 Å². The summed E-state index contributed by atoms with van der Waals surface area (Å²) in [6, 6.07) is 7.83. The van der Waals surface area contributed by atoms with E-state index in [1.54, 1.807) is 6.08 Å². The number of hydrogen-bond acceptors (Lipinski definition) is 1. The predicted octanol–water partition coefficient (Wildman–Crippen LogP) is 3.51. The molecule has 0 spiro atoms. The first-order valence-electron chi connectivity index (χ1n) is 5.33. The Hall–Kier alpha value is -1.57. The molecular formula is C14H18O2. The molecule has 1 aromatic rings. The zero-order chi connectivity index (χ0) is 12.3. The molecule has 0 radical (unpaired) electrons. The first kappa shape index (κ1) is 12.5. The molecule has 1 rings (SSSR count). The average Bonchev–Trinajstić information content (AvgIpc) is 2.14. The molecule has 2 nitrogen and oxygen atoms in total. The van der Waals surface area contributed by atoms with Crippen LogP contribution >= 0.6 is 0 Å². The highest BCUT2D eigenvalue weighted by Gasteiger charge is 2.23. The van der Waals surface area contributed by atoms with Gasteiger partial charge in [-0.1, -0.05) is 50.6 Å². The fourth-order valence-corrected chi connectivity index (χ4v) is 1.43. The lowest BCUT2D eigenvalue weighted by Crippen LogP contribution is -2.17. The van der Waals surface area contributed by atoms with E-state index in [4.69, 9.17) is 5.11 Å². The normalized spacial score (nSPS) is 12.6. The number of hydrogen-bond donors (Lipinski definition) is 1. The zero-order valence-corrected chi connectivity index (χ0v) is 10.2. The highest BCUT2D eigenvalue weighted by Crippen LogP contribution is 2.27. The lowest BCUT2D eigenvalue weighted by molar-refractivity contribution is -0.133. The maximum atomic E-state index is 11.1. The number of carboxylic acid groups (broad SMARTS) is 1. The van der Waals surface area contributed by atoms with Crippen LogP contribution < -0.4 is 0 Å². The molecule has 0 aliphatic carbocycles. The average molecular weight is 218 g/mol. The third-order valence-corrected chi connectivity index (χ3v) is 2.43. The Kier molecular flexibility index (Phi) is 3.53. The van der Waals surface area contributed by atoms with Gasteiger partial charge >= 0.3 is 5.97 Å². The lowest BCUT2D eigenvalue weighted by atomic mass is 9.85. The maximum Gasteiger partial charge on any atom is 0.332 e. The van der Waals surface area contributed by atoms with E-state index in [1.165, 1.54) is 5.56 Å².